The minimum absolute atomic E-state index is 0.0702. The van der Waals surface area contributed by atoms with Crippen LogP contribution < -0.4 is 5.32 Å². The fourth-order valence-corrected chi connectivity index (χ4v) is 3.80. The van der Waals surface area contributed by atoms with Crippen LogP contribution in [-0.4, -0.2) is 40.8 Å². The van der Waals surface area contributed by atoms with E-state index in [1.165, 1.54) is 18.2 Å². The maximum atomic E-state index is 12.6. The average Bonchev–Trinajstić information content (AvgIpc) is 3.01. The largest absolute Gasteiger partial charge is 0.322 e. The van der Waals surface area contributed by atoms with Gasteiger partial charge in [0.05, 0.1) is 15.6 Å². The molecule has 0 unspecified atom stereocenters. The average molecular weight is 406 g/mol. The lowest BCUT2D eigenvalue weighted by Gasteiger charge is -2.11. The Morgan fingerprint density at radius 2 is 1.89 bits per heavy atom. The van der Waals surface area contributed by atoms with Crippen molar-refractivity contribution in [1.82, 2.24) is 20.2 Å². The lowest BCUT2D eigenvalue weighted by atomic mass is 10.1. The van der Waals surface area contributed by atoms with Gasteiger partial charge in [-0.15, -0.1) is 5.10 Å². The first kappa shape index (κ1) is 19.0. The van der Waals surface area contributed by atoms with Crippen molar-refractivity contribution in [1.29, 1.82) is 0 Å². The van der Waals surface area contributed by atoms with Crippen LogP contribution in [0.15, 0.2) is 41.3 Å². The molecule has 3 rings (SSSR count). The van der Waals surface area contributed by atoms with Gasteiger partial charge in [-0.3, -0.25) is 4.79 Å². The van der Waals surface area contributed by atoms with E-state index >= 15 is 0 Å². The number of sulfone groups is 1. The van der Waals surface area contributed by atoms with E-state index in [-0.39, 0.29) is 15.5 Å². The molecular formula is C17H16ClN5O3S. The molecule has 0 fully saturated rings. The number of aryl methyl sites for hydroxylation is 2. The fourth-order valence-electron chi connectivity index (χ4n) is 2.50. The molecule has 140 valence electrons. The van der Waals surface area contributed by atoms with Gasteiger partial charge in [-0.1, -0.05) is 17.7 Å². The van der Waals surface area contributed by atoms with Gasteiger partial charge in [-0.25, -0.2) is 8.42 Å². The van der Waals surface area contributed by atoms with Gasteiger partial charge in [0.15, 0.2) is 15.7 Å². The van der Waals surface area contributed by atoms with E-state index in [1.807, 2.05) is 13.0 Å². The minimum atomic E-state index is -3.55. The Kier molecular flexibility index (Phi) is 4.99. The number of hydrogen-bond donors (Lipinski definition) is 1. The molecule has 0 aliphatic carbocycles. The summed E-state index contributed by atoms with van der Waals surface area (Å²) in [5, 5.41) is 14.2. The first-order chi connectivity index (χ1) is 12.7. The molecule has 0 aliphatic rings. The van der Waals surface area contributed by atoms with Gasteiger partial charge < -0.3 is 5.32 Å². The molecule has 8 nitrogen and oxygen atoms in total. The summed E-state index contributed by atoms with van der Waals surface area (Å²) in [4.78, 5) is 12.5. The predicted molar refractivity (Wildman–Crippen MR) is 101 cm³/mol. The summed E-state index contributed by atoms with van der Waals surface area (Å²) in [5.41, 5.74) is 2.35. The van der Waals surface area contributed by atoms with E-state index in [2.05, 4.69) is 20.8 Å². The maximum absolute atomic E-state index is 12.6. The van der Waals surface area contributed by atoms with E-state index in [0.29, 0.717) is 11.5 Å². The number of hydrogen-bond acceptors (Lipinski definition) is 6. The Bertz CT molecular complexity index is 1140. The third-order valence-electron chi connectivity index (χ3n) is 3.91. The first-order valence-corrected chi connectivity index (χ1v) is 10.1. The first-order valence-electron chi connectivity index (χ1n) is 7.84. The van der Waals surface area contributed by atoms with Gasteiger partial charge in [0.25, 0.3) is 5.91 Å². The Labute approximate surface area is 161 Å². The number of amides is 1. The minimum Gasteiger partial charge on any atom is -0.322 e. The monoisotopic (exact) mass is 405 g/mol. The Hall–Kier alpha value is -2.78. The number of nitrogens with zero attached hydrogens (tertiary/aromatic N) is 4. The molecule has 1 heterocycles. The normalized spacial score (nSPS) is 11.4. The van der Waals surface area contributed by atoms with Crippen molar-refractivity contribution >= 4 is 33.0 Å². The van der Waals surface area contributed by atoms with E-state index in [0.717, 1.165) is 17.5 Å². The number of tetrazole rings is 1. The number of carbonyl (C=O) groups is 1. The Morgan fingerprint density at radius 3 is 2.52 bits per heavy atom. The Balaban J connectivity index is 1.93. The lowest BCUT2D eigenvalue weighted by Crippen LogP contribution is -2.13. The fraction of sp³-hybridized carbons (Fsp3) is 0.176. The molecule has 0 radical (unpaired) electrons. The molecule has 27 heavy (non-hydrogen) atoms. The highest BCUT2D eigenvalue weighted by atomic mass is 35.5. The van der Waals surface area contributed by atoms with Gasteiger partial charge in [-0.05, 0) is 60.2 Å². The summed E-state index contributed by atoms with van der Waals surface area (Å²) in [5.74, 6) is 0.150. The highest BCUT2D eigenvalue weighted by Gasteiger charge is 2.16. The number of carbonyl (C=O) groups excluding carboxylic acids is 1. The highest BCUT2D eigenvalue weighted by molar-refractivity contribution is 7.90. The van der Waals surface area contributed by atoms with Gasteiger partial charge in [0.2, 0.25) is 0 Å². The van der Waals surface area contributed by atoms with Gasteiger partial charge >= 0.3 is 0 Å². The van der Waals surface area contributed by atoms with Crippen LogP contribution in [0.1, 0.15) is 21.7 Å². The SMILES string of the molecule is Cc1ccc(NC(=O)c2ccc(Cl)c(S(C)(=O)=O)c2)cc1-n1nnnc1C. The van der Waals surface area contributed by atoms with E-state index in [1.54, 1.807) is 23.7 Å². The Morgan fingerprint density at radius 1 is 1.15 bits per heavy atom. The topological polar surface area (TPSA) is 107 Å². The molecule has 0 saturated carbocycles. The molecule has 3 aromatic rings. The van der Waals surface area contributed by atoms with Crippen molar-refractivity contribution in [2.75, 3.05) is 11.6 Å². The molecule has 0 atom stereocenters. The number of nitrogens with one attached hydrogen (secondary N) is 1. The van der Waals surface area contributed by atoms with E-state index in [4.69, 9.17) is 11.6 Å². The molecule has 2 aromatic carbocycles. The number of halogens is 1. The van der Waals surface area contributed by atoms with Crippen molar-refractivity contribution < 1.29 is 13.2 Å². The second kappa shape index (κ2) is 7.09. The summed E-state index contributed by atoms with van der Waals surface area (Å²) in [7, 11) is -3.55. The van der Waals surface area contributed by atoms with Crippen LogP contribution in [0.3, 0.4) is 0 Å². The van der Waals surface area contributed by atoms with Crippen molar-refractivity contribution in [3.8, 4) is 5.69 Å². The van der Waals surface area contributed by atoms with Crippen molar-refractivity contribution in [3.63, 3.8) is 0 Å². The van der Waals surface area contributed by atoms with Gasteiger partial charge in [0.1, 0.15) is 0 Å². The van der Waals surface area contributed by atoms with Crippen LogP contribution in [0.4, 0.5) is 5.69 Å². The predicted octanol–water partition coefficient (Wildman–Crippen LogP) is 2.59. The van der Waals surface area contributed by atoms with Gasteiger partial charge in [0, 0.05) is 17.5 Å². The molecule has 0 spiro atoms. The lowest BCUT2D eigenvalue weighted by molar-refractivity contribution is 0.102. The highest BCUT2D eigenvalue weighted by Crippen LogP contribution is 2.24. The quantitative estimate of drug-likeness (QED) is 0.714. The summed E-state index contributed by atoms with van der Waals surface area (Å²) in [6.45, 7) is 3.67. The van der Waals surface area contributed by atoms with E-state index < -0.39 is 15.7 Å². The van der Waals surface area contributed by atoms with E-state index in [9.17, 15) is 13.2 Å². The molecule has 1 N–H and O–H groups in total. The molecule has 1 aromatic heterocycles. The van der Waals surface area contributed by atoms with Crippen LogP contribution in [0, 0.1) is 13.8 Å². The third-order valence-corrected chi connectivity index (χ3v) is 5.49. The van der Waals surface area contributed by atoms with Crippen molar-refractivity contribution in [2.24, 2.45) is 0 Å². The zero-order valence-electron chi connectivity index (χ0n) is 14.8. The maximum Gasteiger partial charge on any atom is 0.255 e. The summed E-state index contributed by atoms with van der Waals surface area (Å²) >= 11 is 5.92. The van der Waals surface area contributed by atoms with Crippen LogP contribution in [-0.2, 0) is 9.84 Å². The third kappa shape index (κ3) is 3.99. The van der Waals surface area contributed by atoms with Crippen LogP contribution in [0.5, 0.6) is 0 Å². The molecule has 0 saturated heterocycles. The van der Waals surface area contributed by atoms with Crippen LogP contribution in [0.25, 0.3) is 5.69 Å². The standard InChI is InChI=1S/C17H16ClN5O3S/c1-10-4-6-13(9-15(10)23-11(2)20-21-22-23)19-17(24)12-5-7-14(18)16(8-12)27(3,25)26/h4-9H,1-3H3,(H,19,24). The molecule has 10 heteroatoms. The summed E-state index contributed by atoms with van der Waals surface area (Å²) < 4.78 is 25.2. The van der Waals surface area contributed by atoms with Crippen LogP contribution in [0.2, 0.25) is 5.02 Å². The molecule has 0 aliphatic heterocycles. The van der Waals surface area contributed by atoms with Gasteiger partial charge in [-0.2, -0.15) is 4.68 Å². The zero-order chi connectivity index (χ0) is 19.8. The van der Waals surface area contributed by atoms with Crippen molar-refractivity contribution in [2.45, 2.75) is 18.7 Å². The molecular weight excluding hydrogens is 390 g/mol. The number of rotatable bonds is 4. The van der Waals surface area contributed by atoms with Crippen LogP contribution >= 0.6 is 11.6 Å². The zero-order valence-corrected chi connectivity index (χ0v) is 16.3. The number of anilines is 1. The number of benzene rings is 2. The smallest absolute Gasteiger partial charge is 0.255 e. The summed E-state index contributed by atoms with van der Waals surface area (Å²) in [6.07, 6.45) is 1.04. The second-order valence-corrected chi connectivity index (χ2v) is 8.40. The second-order valence-electron chi connectivity index (χ2n) is 6.01. The van der Waals surface area contributed by atoms with Crippen molar-refractivity contribution in [3.05, 3.63) is 58.4 Å². The molecule has 1 amide bonds. The molecule has 0 bridgehead atoms. The number of aromatic nitrogens is 4. The summed E-state index contributed by atoms with van der Waals surface area (Å²) in [6, 6.07) is 9.42.